The fourth-order valence-electron chi connectivity index (χ4n) is 2.68. The Hall–Kier alpha value is -1.29. The van der Waals surface area contributed by atoms with E-state index in [9.17, 15) is 0 Å². The summed E-state index contributed by atoms with van der Waals surface area (Å²) in [6.07, 6.45) is 6.37. The van der Waals surface area contributed by atoms with Crippen molar-refractivity contribution in [3.8, 4) is 5.75 Å². The molecule has 1 aromatic rings. The van der Waals surface area contributed by atoms with Gasteiger partial charge in [-0.15, -0.1) is 0 Å². The van der Waals surface area contributed by atoms with Gasteiger partial charge >= 0.3 is 0 Å². The van der Waals surface area contributed by atoms with Crippen LogP contribution in [0.15, 0.2) is 18.3 Å². The first-order chi connectivity index (χ1) is 8.74. The minimum Gasteiger partial charge on any atom is -0.495 e. The highest BCUT2D eigenvalue weighted by atomic mass is 16.5. The summed E-state index contributed by atoms with van der Waals surface area (Å²) in [6.45, 7) is 3.17. The second-order valence-electron chi connectivity index (χ2n) is 4.91. The summed E-state index contributed by atoms with van der Waals surface area (Å²) in [6, 6.07) is 4.98. The quantitative estimate of drug-likeness (QED) is 0.888. The molecule has 1 fully saturated rings. The summed E-state index contributed by atoms with van der Waals surface area (Å²) in [5.41, 5.74) is 5.96. The van der Waals surface area contributed by atoms with E-state index in [1.54, 1.807) is 13.3 Å². The summed E-state index contributed by atoms with van der Waals surface area (Å²) >= 11 is 0. The Morgan fingerprint density at radius 3 is 2.56 bits per heavy atom. The summed E-state index contributed by atoms with van der Waals surface area (Å²) in [4.78, 5) is 6.86. The molecule has 4 heteroatoms. The number of rotatable bonds is 4. The monoisotopic (exact) mass is 249 g/mol. The molecule has 1 aromatic heterocycles. The Labute approximate surface area is 109 Å². The van der Waals surface area contributed by atoms with Gasteiger partial charge in [0.25, 0.3) is 0 Å². The Bertz CT molecular complexity index is 358. The van der Waals surface area contributed by atoms with Crippen molar-refractivity contribution in [1.82, 2.24) is 4.98 Å². The first kappa shape index (κ1) is 13.1. The van der Waals surface area contributed by atoms with E-state index in [4.69, 9.17) is 10.5 Å². The first-order valence-electron chi connectivity index (χ1n) is 6.77. The largest absolute Gasteiger partial charge is 0.495 e. The summed E-state index contributed by atoms with van der Waals surface area (Å²) < 4.78 is 5.14. The molecule has 100 valence electrons. The van der Waals surface area contributed by atoms with E-state index in [-0.39, 0.29) is 0 Å². The van der Waals surface area contributed by atoms with Gasteiger partial charge in [0.2, 0.25) is 0 Å². The van der Waals surface area contributed by atoms with Crippen molar-refractivity contribution in [3.63, 3.8) is 0 Å². The van der Waals surface area contributed by atoms with Crippen LogP contribution in [0.25, 0.3) is 0 Å². The van der Waals surface area contributed by atoms with Crippen LogP contribution in [0.4, 0.5) is 5.82 Å². The number of hydrogen-bond donors (Lipinski definition) is 1. The van der Waals surface area contributed by atoms with Crippen LogP contribution in [0.1, 0.15) is 32.6 Å². The van der Waals surface area contributed by atoms with Crippen LogP contribution in [-0.4, -0.2) is 30.7 Å². The van der Waals surface area contributed by atoms with Gasteiger partial charge in [0.05, 0.1) is 13.3 Å². The molecule has 1 heterocycles. The molecule has 0 saturated heterocycles. The first-order valence-corrected chi connectivity index (χ1v) is 6.77. The maximum atomic E-state index is 5.96. The van der Waals surface area contributed by atoms with Crippen molar-refractivity contribution < 1.29 is 4.74 Å². The standard InChI is InChI=1S/C14H23N3O/c1-3-17(12-6-4-11(15)5-7-12)14-9-8-13(18-2)10-16-14/h8-12H,3-7,15H2,1-2H3. The molecule has 0 bridgehead atoms. The van der Waals surface area contributed by atoms with Crippen LogP contribution in [0, 0.1) is 0 Å². The molecule has 0 spiro atoms. The van der Waals surface area contributed by atoms with Crippen LogP contribution in [0.3, 0.4) is 0 Å². The van der Waals surface area contributed by atoms with Gasteiger partial charge in [0.1, 0.15) is 11.6 Å². The Balaban J connectivity index is 2.07. The molecule has 0 atom stereocenters. The van der Waals surface area contributed by atoms with Crippen LogP contribution < -0.4 is 15.4 Å². The summed E-state index contributed by atoms with van der Waals surface area (Å²) in [5, 5.41) is 0. The summed E-state index contributed by atoms with van der Waals surface area (Å²) in [7, 11) is 1.66. The van der Waals surface area contributed by atoms with Crippen molar-refractivity contribution in [2.45, 2.75) is 44.7 Å². The van der Waals surface area contributed by atoms with Gasteiger partial charge in [-0.2, -0.15) is 0 Å². The highest BCUT2D eigenvalue weighted by Gasteiger charge is 2.24. The molecule has 0 aromatic carbocycles. The molecule has 0 aliphatic heterocycles. The third-order valence-corrected chi connectivity index (χ3v) is 3.77. The molecule has 1 saturated carbocycles. The number of ether oxygens (including phenoxy) is 1. The average molecular weight is 249 g/mol. The zero-order valence-corrected chi connectivity index (χ0v) is 11.3. The number of anilines is 1. The number of hydrogen-bond acceptors (Lipinski definition) is 4. The third-order valence-electron chi connectivity index (χ3n) is 3.77. The van der Waals surface area contributed by atoms with Crippen LogP contribution >= 0.6 is 0 Å². The van der Waals surface area contributed by atoms with Crippen molar-refractivity contribution in [2.75, 3.05) is 18.6 Å². The van der Waals surface area contributed by atoms with E-state index >= 15 is 0 Å². The Morgan fingerprint density at radius 1 is 1.33 bits per heavy atom. The van der Waals surface area contributed by atoms with E-state index in [0.29, 0.717) is 12.1 Å². The van der Waals surface area contributed by atoms with Crippen molar-refractivity contribution >= 4 is 5.82 Å². The minimum atomic E-state index is 0.392. The lowest BCUT2D eigenvalue weighted by atomic mass is 9.90. The highest BCUT2D eigenvalue weighted by Crippen LogP contribution is 2.26. The van der Waals surface area contributed by atoms with Crippen LogP contribution in [-0.2, 0) is 0 Å². The number of aromatic nitrogens is 1. The van der Waals surface area contributed by atoms with Gasteiger partial charge in [0.15, 0.2) is 0 Å². The maximum absolute atomic E-state index is 5.96. The van der Waals surface area contributed by atoms with Gasteiger partial charge < -0.3 is 15.4 Å². The number of methoxy groups -OCH3 is 1. The molecular weight excluding hydrogens is 226 g/mol. The summed E-state index contributed by atoms with van der Waals surface area (Å²) in [5.74, 6) is 1.85. The number of nitrogens with zero attached hydrogens (tertiary/aromatic N) is 2. The third kappa shape index (κ3) is 2.93. The second-order valence-corrected chi connectivity index (χ2v) is 4.91. The van der Waals surface area contributed by atoms with Gasteiger partial charge in [-0.05, 0) is 44.7 Å². The normalized spacial score (nSPS) is 23.7. The van der Waals surface area contributed by atoms with E-state index in [1.807, 2.05) is 12.1 Å². The number of pyridine rings is 1. The second kappa shape index (κ2) is 6.05. The van der Waals surface area contributed by atoms with E-state index in [1.165, 1.54) is 12.8 Å². The smallest absolute Gasteiger partial charge is 0.137 e. The average Bonchev–Trinajstić information content (AvgIpc) is 2.42. The minimum absolute atomic E-state index is 0.392. The van der Waals surface area contributed by atoms with Crippen molar-refractivity contribution in [3.05, 3.63) is 18.3 Å². The Kier molecular flexibility index (Phi) is 4.42. The SMILES string of the molecule is CCN(c1ccc(OC)cn1)C1CCC(N)CC1. The van der Waals surface area contributed by atoms with Gasteiger partial charge in [-0.25, -0.2) is 4.98 Å². The lowest BCUT2D eigenvalue weighted by Crippen LogP contribution is -2.41. The fourth-order valence-corrected chi connectivity index (χ4v) is 2.68. The fraction of sp³-hybridized carbons (Fsp3) is 0.643. The van der Waals surface area contributed by atoms with E-state index in [0.717, 1.165) is 31.0 Å². The Morgan fingerprint density at radius 2 is 2.06 bits per heavy atom. The molecule has 0 amide bonds. The number of nitrogens with two attached hydrogens (primary N) is 1. The van der Waals surface area contributed by atoms with E-state index < -0.39 is 0 Å². The molecule has 2 rings (SSSR count). The van der Waals surface area contributed by atoms with Crippen LogP contribution in [0.5, 0.6) is 5.75 Å². The van der Waals surface area contributed by atoms with Gasteiger partial charge in [-0.3, -0.25) is 0 Å². The van der Waals surface area contributed by atoms with Gasteiger partial charge in [-0.1, -0.05) is 0 Å². The lowest BCUT2D eigenvalue weighted by Gasteiger charge is -2.36. The molecular formula is C14H23N3O. The zero-order valence-electron chi connectivity index (χ0n) is 11.3. The molecule has 0 unspecified atom stereocenters. The van der Waals surface area contributed by atoms with Gasteiger partial charge in [0, 0.05) is 18.6 Å². The predicted octanol–water partition coefficient (Wildman–Crippen LogP) is 2.19. The molecule has 18 heavy (non-hydrogen) atoms. The zero-order chi connectivity index (χ0) is 13.0. The predicted molar refractivity (Wildman–Crippen MR) is 74.0 cm³/mol. The molecule has 1 aliphatic carbocycles. The maximum Gasteiger partial charge on any atom is 0.137 e. The highest BCUT2D eigenvalue weighted by molar-refractivity contribution is 5.42. The molecule has 1 aliphatic rings. The van der Waals surface area contributed by atoms with Crippen molar-refractivity contribution in [1.29, 1.82) is 0 Å². The topological polar surface area (TPSA) is 51.4 Å². The lowest BCUT2D eigenvalue weighted by molar-refractivity contribution is 0.376. The van der Waals surface area contributed by atoms with Crippen molar-refractivity contribution in [2.24, 2.45) is 5.73 Å². The van der Waals surface area contributed by atoms with Crippen LogP contribution in [0.2, 0.25) is 0 Å². The molecule has 0 radical (unpaired) electrons. The van der Waals surface area contributed by atoms with E-state index in [2.05, 4.69) is 16.8 Å². The molecule has 2 N–H and O–H groups in total. The molecule has 4 nitrogen and oxygen atoms in total.